The van der Waals surface area contributed by atoms with Crippen molar-refractivity contribution < 1.29 is 4.79 Å². The molecule has 0 saturated carbocycles. The molecule has 1 heterocycles. The molecule has 5 heteroatoms. The molecule has 28 heavy (non-hydrogen) atoms. The number of benzene rings is 3. The second kappa shape index (κ2) is 8.36. The van der Waals surface area contributed by atoms with Crippen LogP contribution in [0.3, 0.4) is 0 Å². The molecule has 0 aromatic heterocycles. The predicted molar refractivity (Wildman–Crippen MR) is 116 cm³/mol. The van der Waals surface area contributed by atoms with Gasteiger partial charge in [-0.2, -0.15) is 0 Å². The molecule has 3 aromatic rings. The van der Waals surface area contributed by atoms with Crippen molar-refractivity contribution in [2.75, 3.05) is 36.0 Å². The molecule has 0 atom stereocenters. The Morgan fingerprint density at radius 3 is 1.71 bits per heavy atom. The number of halogens is 1. The van der Waals surface area contributed by atoms with Gasteiger partial charge >= 0.3 is 6.03 Å². The van der Waals surface area contributed by atoms with Crippen LogP contribution in [0.4, 0.5) is 21.9 Å². The lowest BCUT2D eigenvalue weighted by molar-refractivity contribution is 0.203. The lowest BCUT2D eigenvalue weighted by Crippen LogP contribution is -2.52. The molecule has 0 N–H and O–H groups in total. The maximum absolute atomic E-state index is 13.4. The van der Waals surface area contributed by atoms with E-state index in [2.05, 4.69) is 4.90 Å². The number of anilines is 3. The van der Waals surface area contributed by atoms with E-state index < -0.39 is 0 Å². The molecule has 1 fully saturated rings. The molecule has 0 unspecified atom stereocenters. The smallest absolute Gasteiger partial charge is 0.329 e. The zero-order valence-electron chi connectivity index (χ0n) is 15.5. The largest absolute Gasteiger partial charge is 0.368 e. The van der Waals surface area contributed by atoms with Gasteiger partial charge in [-0.1, -0.05) is 48.0 Å². The van der Waals surface area contributed by atoms with E-state index in [1.807, 2.05) is 89.8 Å². The molecule has 3 aromatic carbocycles. The van der Waals surface area contributed by atoms with Crippen LogP contribution in [0, 0.1) is 0 Å². The summed E-state index contributed by atoms with van der Waals surface area (Å²) in [6.07, 6.45) is 0. The third-order valence-electron chi connectivity index (χ3n) is 4.96. The number of nitrogens with zero attached hydrogens (tertiary/aromatic N) is 3. The van der Waals surface area contributed by atoms with Crippen molar-refractivity contribution in [1.29, 1.82) is 0 Å². The van der Waals surface area contributed by atoms with Crippen LogP contribution in [-0.2, 0) is 0 Å². The molecule has 4 rings (SSSR count). The minimum atomic E-state index is 0.00755. The average Bonchev–Trinajstić information content (AvgIpc) is 2.76. The quantitative estimate of drug-likeness (QED) is 0.596. The van der Waals surface area contributed by atoms with E-state index in [-0.39, 0.29) is 6.03 Å². The van der Waals surface area contributed by atoms with Crippen LogP contribution < -0.4 is 9.80 Å². The van der Waals surface area contributed by atoms with Gasteiger partial charge in [0.25, 0.3) is 0 Å². The van der Waals surface area contributed by atoms with Crippen molar-refractivity contribution in [1.82, 2.24) is 4.90 Å². The molecule has 1 aliphatic rings. The molecular weight excluding hydrogens is 370 g/mol. The van der Waals surface area contributed by atoms with Gasteiger partial charge in [-0.15, -0.1) is 0 Å². The molecule has 1 aliphatic heterocycles. The highest BCUT2D eigenvalue weighted by Crippen LogP contribution is 2.27. The normalized spacial score (nSPS) is 14.0. The first-order chi connectivity index (χ1) is 13.7. The summed E-state index contributed by atoms with van der Waals surface area (Å²) in [4.78, 5) is 19.4. The van der Waals surface area contributed by atoms with Crippen molar-refractivity contribution in [3.63, 3.8) is 0 Å². The zero-order chi connectivity index (χ0) is 19.3. The van der Waals surface area contributed by atoms with Gasteiger partial charge in [-0.05, 0) is 48.5 Å². The number of rotatable bonds is 3. The van der Waals surface area contributed by atoms with E-state index in [0.717, 1.165) is 35.2 Å². The van der Waals surface area contributed by atoms with Crippen molar-refractivity contribution >= 4 is 34.7 Å². The summed E-state index contributed by atoms with van der Waals surface area (Å²) < 4.78 is 0. The summed E-state index contributed by atoms with van der Waals surface area (Å²) >= 11 is 5.99. The Hall–Kier alpha value is -2.98. The highest BCUT2D eigenvalue weighted by Gasteiger charge is 2.27. The Bertz CT molecular complexity index is 868. The minimum absolute atomic E-state index is 0.00755. The SMILES string of the molecule is O=C(N1CCN(c2ccc(Cl)cc2)CC1)N(c1ccccc1)c1ccccc1. The first-order valence-corrected chi connectivity index (χ1v) is 9.80. The highest BCUT2D eigenvalue weighted by molar-refractivity contribution is 6.30. The van der Waals surface area contributed by atoms with Gasteiger partial charge in [-0.3, -0.25) is 4.90 Å². The van der Waals surface area contributed by atoms with Crippen molar-refractivity contribution in [3.8, 4) is 0 Å². The first kappa shape index (κ1) is 18.4. The van der Waals surface area contributed by atoms with Crippen LogP contribution in [0.5, 0.6) is 0 Å². The Labute approximate surface area is 170 Å². The topological polar surface area (TPSA) is 26.8 Å². The van der Waals surface area contributed by atoms with Gasteiger partial charge in [0.2, 0.25) is 0 Å². The molecule has 142 valence electrons. The molecule has 2 amide bonds. The van der Waals surface area contributed by atoms with Crippen LogP contribution in [0.1, 0.15) is 0 Å². The van der Waals surface area contributed by atoms with E-state index in [1.165, 1.54) is 0 Å². The summed E-state index contributed by atoms with van der Waals surface area (Å²) in [5.74, 6) is 0. The van der Waals surface area contributed by atoms with Crippen LogP contribution in [0.2, 0.25) is 5.02 Å². The number of amides is 2. The predicted octanol–water partition coefficient (Wildman–Crippen LogP) is 5.42. The molecule has 0 spiro atoms. The molecule has 0 bridgehead atoms. The van der Waals surface area contributed by atoms with Gasteiger partial charge in [-0.25, -0.2) is 4.79 Å². The Morgan fingerprint density at radius 1 is 0.714 bits per heavy atom. The third kappa shape index (κ3) is 3.97. The molecular formula is C23H22ClN3O. The molecule has 1 saturated heterocycles. The Balaban J connectivity index is 1.51. The van der Waals surface area contributed by atoms with Crippen molar-refractivity contribution in [2.24, 2.45) is 0 Å². The second-order valence-corrected chi connectivity index (χ2v) is 7.18. The molecule has 0 aliphatic carbocycles. The summed E-state index contributed by atoms with van der Waals surface area (Å²) in [5, 5.41) is 0.735. The van der Waals surface area contributed by atoms with Gasteiger partial charge in [0, 0.05) is 36.9 Å². The van der Waals surface area contributed by atoms with E-state index in [1.54, 1.807) is 4.90 Å². The van der Waals surface area contributed by atoms with Crippen LogP contribution in [0.15, 0.2) is 84.9 Å². The second-order valence-electron chi connectivity index (χ2n) is 6.74. The van der Waals surface area contributed by atoms with Crippen molar-refractivity contribution in [3.05, 3.63) is 90.0 Å². The van der Waals surface area contributed by atoms with Gasteiger partial charge in [0.05, 0.1) is 11.4 Å². The Kier molecular flexibility index (Phi) is 5.49. The van der Waals surface area contributed by atoms with Gasteiger partial charge in [0.1, 0.15) is 0 Å². The average molecular weight is 392 g/mol. The highest BCUT2D eigenvalue weighted by atomic mass is 35.5. The fraction of sp³-hybridized carbons (Fsp3) is 0.174. The Morgan fingerprint density at radius 2 is 1.21 bits per heavy atom. The minimum Gasteiger partial charge on any atom is -0.368 e. The summed E-state index contributed by atoms with van der Waals surface area (Å²) in [7, 11) is 0. The standard InChI is InChI=1S/C23H22ClN3O/c24-19-11-13-20(14-12-19)25-15-17-26(18-16-25)23(28)27(21-7-3-1-4-8-21)22-9-5-2-6-10-22/h1-14H,15-18H2. The number of hydrogen-bond donors (Lipinski definition) is 0. The van der Waals surface area contributed by atoms with E-state index in [0.29, 0.717) is 13.1 Å². The number of carbonyl (C=O) groups is 1. The summed E-state index contributed by atoms with van der Waals surface area (Å²) in [5.41, 5.74) is 2.89. The fourth-order valence-electron chi connectivity index (χ4n) is 3.47. The third-order valence-corrected chi connectivity index (χ3v) is 5.21. The van der Waals surface area contributed by atoms with Crippen LogP contribution in [0.25, 0.3) is 0 Å². The lowest BCUT2D eigenvalue weighted by Gasteiger charge is -2.38. The maximum atomic E-state index is 13.4. The van der Waals surface area contributed by atoms with Crippen LogP contribution in [-0.4, -0.2) is 37.1 Å². The summed E-state index contributed by atoms with van der Waals surface area (Å²) in [6.45, 7) is 2.95. The lowest BCUT2D eigenvalue weighted by atomic mass is 10.2. The zero-order valence-corrected chi connectivity index (χ0v) is 16.3. The van der Waals surface area contributed by atoms with E-state index in [4.69, 9.17) is 11.6 Å². The van der Waals surface area contributed by atoms with Crippen molar-refractivity contribution in [2.45, 2.75) is 0 Å². The molecule has 4 nitrogen and oxygen atoms in total. The van der Waals surface area contributed by atoms with Gasteiger partial charge in [0.15, 0.2) is 0 Å². The van der Waals surface area contributed by atoms with E-state index in [9.17, 15) is 4.79 Å². The number of piperazine rings is 1. The summed E-state index contributed by atoms with van der Waals surface area (Å²) in [6, 6.07) is 27.5. The number of carbonyl (C=O) groups excluding carboxylic acids is 1. The van der Waals surface area contributed by atoms with E-state index >= 15 is 0 Å². The number of para-hydroxylation sites is 2. The van der Waals surface area contributed by atoms with Gasteiger partial charge < -0.3 is 9.80 Å². The first-order valence-electron chi connectivity index (χ1n) is 9.42. The molecule has 0 radical (unpaired) electrons. The van der Waals surface area contributed by atoms with Crippen LogP contribution >= 0.6 is 11.6 Å². The fourth-order valence-corrected chi connectivity index (χ4v) is 3.60. The monoisotopic (exact) mass is 391 g/mol. The number of hydrogen-bond acceptors (Lipinski definition) is 2. The maximum Gasteiger partial charge on any atom is 0.329 e. The number of urea groups is 1.